The summed E-state index contributed by atoms with van der Waals surface area (Å²) in [6, 6.07) is 4.36. The van der Waals surface area contributed by atoms with E-state index in [2.05, 4.69) is 0 Å². The van der Waals surface area contributed by atoms with Crippen molar-refractivity contribution in [2.45, 2.75) is 6.92 Å². The van der Waals surface area contributed by atoms with Gasteiger partial charge < -0.3 is 5.11 Å². The second kappa shape index (κ2) is 4.11. The molecule has 0 amide bonds. The molecule has 0 saturated heterocycles. The van der Waals surface area contributed by atoms with Gasteiger partial charge in [0, 0.05) is 23.6 Å². The van der Waals surface area contributed by atoms with Crippen LogP contribution in [0.15, 0.2) is 23.9 Å². The number of phenolic OH excluding ortho intramolecular Hbond substituents is 1. The van der Waals surface area contributed by atoms with E-state index in [4.69, 9.17) is 11.6 Å². The van der Waals surface area contributed by atoms with Gasteiger partial charge in [-0.1, -0.05) is 11.6 Å². The van der Waals surface area contributed by atoms with Crippen molar-refractivity contribution in [3.05, 3.63) is 44.6 Å². The van der Waals surface area contributed by atoms with Crippen LogP contribution in [0.2, 0.25) is 5.02 Å². The molecule has 0 atom stereocenters. The molecule has 0 radical (unpaired) electrons. The van der Waals surface area contributed by atoms with E-state index in [0.717, 1.165) is 0 Å². The molecule has 5 heteroatoms. The summed E-state index contributed by atoms with van der Waals surface area (Å²) in [5, 5.41) is 20.1. The number of aromatic hydroxyl groups is 1. The van der Waals surface area contributed by atoms with Crippen LogP contribution in [0.5, 0.6) is 5.75 Å². The minimum absolute atomic E-state index is 0.0319. The van der Waals surface area contributed by atoms with E-state index in [1.54, 1.807) is 0 Å². The molecule has 0 spiro atoms. The lowest BCUT2D eigenvalue weighted by atomic mass is 10.2. The Morgan fingerprint density at radius 3 is 2.86 bits per heavy atom. The van der Waals surface area contributed by atoms with Crippen LogP contribution < -0.4 is 0 Å². The Balaban J connectivity index is 3.13. The van der Waals surface area contributed by atoms with Gasteiger partial charge in [-0.25, -0.2) is 0 Å². The van der Waals surface area contributed by atoms with Gasteiger partial charge in [0.1, 0.15) is 5.75 Å². The molecule has 4 nitrogen and oxygen atoms in total. The lowest BCUT2D eigenvalue weighted by Gasteiger charge is -1.98. The number of benzene rings is 1. The SMILES string of the molecule is CC(=Cc1cc(Cl)ccc1O)[N+](=O)[O-]. The van der Waals surface area contributed by atoms with Gasteiger partial charge in [0.05, 0.1) is 4.92 Å². The molecular formula is C9H8ClNO3. The smallest absolute Gasteiger partial charge is 0.243 e. The van der Waals surface area contributed by atoms with Crippen molar-refractivity contribution < 1.29 is 10.0 Å². The number of nitro groups is 1. The number of hydrogen-bond acceptors (Lipinski definition) is 3. The molecule has 1 rings (SSSR count). The monoisotopic (exact) mass is 213 g/mol. The third-order valence-corrected chi connectivity index (χ3v) is 1.88. The molecule has 0 bridgehead atoms. The predicted octanol–water partition coefficient (Wildman–Crippen LogP) is 2.68. The highest BCUT2D eigenvalue weighted by molar-refractivity contribution is 6.30. The molecule has 0 fully saturated rings. The summed E-state index contributed by atoms with van der Waals surface area (Å²) in [5.74, 6) is -0.0319. The Morgan fingerprint density at radius 1 is 1.64 bits per heavy atom. The van der Waals surface area contributed by atoms with Gasteiger partial charge in [0.2, 0.25) is 5.70 Å². The van der Waals surface area contributed by atoms with Crippen molar-refractivity contribution in [1.29, 1.82) is 0 Å². The van der Waals surface area contributed by atoms with Crippen molar-refractivity contribution in [1.82, 2.24) is 0 Å². The van der Waals surface area contributed by atoms with Crippen LogP contribution in [-0.4, -0.2) is 10.0 Å². The lowest BCUT2D eigenvalue weighted by Crippen LogP contribution is -1.93. The van der Waals surface area contributed by atoms with Gasteiger partial charge in [-0.3, -0.25) is 10.1 Å². The molecular weight excluding hydrogens is 206 g/mol. The molecule has 74 valence electrons. The third-order valence-electron chi connectivity index (χ3n) is 1.64. The van der Waals surface area contributed by atoms with Crippen LogP contribution in [0.3, 0.4) is 0 Å². The van der Waals surface area contributed by atoms with E-state index in [-0.39, 0.29) is 11.4 Å². The topological polar surface area (TPSA) is 63.4 Å². The molecule has 0 saturated carbocycles. The molecule has 0 aliphatic carbocycles. The minimum atomic E-state index is -0.527. The van der Waals surface area contributed by atoms with Crippen molar-refractivity contribution in [3.63, 3.8) is 0 Å². The fourth-order valence-electron chi connectivity index (χ4n) is 0.919. The number of phenols is 1. The Kier molecular flexibility index (Phi) is 3.09. The van der Waals surface area contributed by atoms with Gasteiger partial charge in [-0.15, -0.1) is 0 Å². The first-order valence-electron chi connectivity index (χ1n) is 3.82. The third kappa shape index (κ3) is 2.47. The second-order valence-electron chi connectivity index (χ2n) is 2.75. The quantitative estimate of drug-likeness (QED) is 0.607. The second-order valence-corrected chi connectivity index (χ2v) is 3.18. The maximum Gasteiger partial charge on any atom is 0.243 e. The van der Waals surface area contributed by atoms with Gasteiger partial charge in [-0.05, 0) is 18.2 Å². The Bertz CT molecular complexity index is 401. The van der Waals surface area contributed by atoms with E-state index in [1.807, 2.05) is 0 Å². The fraction of sp³-hybridized carbons (Fsp3) is 0.111. The van der Waals surface area contributed by atoms with Crippen molar-refractivity contribution in [3.8, 4) is 5.75 Å². The highest BCUT2D eigenvalue weighted by Crippen LogP contribution is 2.23. The van der Waals surface area contributed by atoms with Crippen LogP contribution in [0.25, 0.3) is 6.08 Å². The van der Waals surface area contributed by atoms with Crippen LogP contribution in [0.4, 0.5) is 0 Å². The van der Waals surface area contributed by atoms with E-state index in [0.29, 0.717) is 10.6 Å². The number of rotatable bonds is 2. The zero-order valence-electron chi connectivity index (χ0n) is 7.40. The maximum absolute atomic E-state index is 10.3. The summed E-state index contributed by atoms with van der Waals surface area (Å²) in [5.41, 5.74) is 0.286. The maximum atomic E-state index is 10.3. The van der Waals surface area contributed by atoms with E-state index in [1.165, 1.54) is 31.2 Å². The summed E-state index contributed by atoms with van der Waals surface area (Å²) < 4.78 is 0. The molecule has 0 heterocycles. The Hall–Kier alpha value is -1.55. The van der Waals surface area contributed by atoms with Crippen molar-refractivity contribution in [2.75, 3.05) is 0 Å². The molecule has 0 aliphatic rings. The average Bonchev–Trinajstić information content (AvgIpc) is 2.11. The molecule has 1 aromatic carbocycles. The van der Waals surface area contributed by atoms with Gasteiger partial charge >= 0.3 is 0 Å². The normalized spacial score (nSPS) is 11.4. The van der Waals surface area contributed by atoms with Crippen LogP contribution in [0, 0.1) is 10.1 Å². The molecule has 0 aromatic heterocycles. The summed E-state index contributed by atoms with van der Waals surface area (Å²) in [6.45, 7) is 1.35. The highest BCUT2D eigenvalue weighted by Gasteiger charge is 2.05. The summed E-state index contributed by atoms with van der Waals surface area (Å²) in [6.07, 6.45) is 1.27. The molecule has 14 heavy (non-hydrogen) atoms. The molecule has 0 unspecified atom stereocenters. The summed E-state index contributed by atoms with van der Waals surface area (Å²) >= 11 is 5.67. The first-order valence-corrected chi connectivity index (χ1v) is 4.19. The molecule has 1 N–H and O–H groups in total. The van der Waals surface area contributed by atoms with Crippen LogP contribution >= 0.6 is 11.6 Å². The Morgan fingerprint density at radius 2 is 2.29 bits per heavy atom. The zero-order valence-corrected chi connectivity index (χ0v) is 8.15. The zero-order chi connectivity index (χ0) is 10.7. The number of allylic oxidation sites excluding steroid dienone is 1. The lowest BCUT2D eigenvalue weighted by molar-refractivity contribution is -0.422. The van der Waals surface area contributed by atoms with Gasteiger partial charge in [0.15, 0.2) is 0 Å². The molecule has 0 aliphatic heterocycles. The number of nitrogens with zero attached hydrogens (tertiary/aromatic N) is 1. The van der Waals surface area contributed by atoms with Crippen molar-refractivity contribution in [2.24, 2.45) is 0 Å². The van der Waals surface area contributed by atoms with E-state index >= 15 is 0 Å². The first-order chi connectivity index (χ1) is 6.50. The molecule has 1 aromatic rings. The van der Waals surface area contributed by atoms with E-state index in [9.17, 15) is 15.2 Å². The number of hydrogen-bond donors (Lipinski definition) is 1. The standard InChI is InChI=1S/C9H8ClNO3/c1-6(11(13)14)4-7-5-8(10)2-3-9(7)12/h2-5,12H,1H3. The highest BCUT2D eigenvalue weighted by atomic mass is 35.5. The van der Waals surface area contributed by atoms with Gasteiger partial charge in [-0.2, -0.15) is 0 Å². The minimum Gasteiger partial charge on any atom is -0.507 e. The first kappa shape index (κ1) is 10.5. The number of halogens is 1. The summed E-state index contributed by atoms with van der Waals surface area (Å²) in [7, 11) is 0. The largest absolute Gasteiger partial charge is 0.507 e. The van der Waals surface area contributed by atoms with Crippen LogP contribution in [0.1, 0.15) is 12.5 Å². The summed E-state index contributed by atoms with van der Waals surface area (Å²) in [4.78, 5) is 9.80. The Labute approximate surface area is 85.6 Å². The van der Waals surface area contributed by atoms with Crippen LogP contribution in [-0.2, 0) is 0 Å². The average molecular weight is 214 g/mol. The van der Waals surface area contributed by atoms with E-state index < -0.39 is 4.92 Å². The fourth-order valence-corrected chi connectivity index (χ4v) is 1.10. The van der Waals surface area contributed by atoms with Gasteiger partial charge in [0.25, 0.3) is 0 Å². The predicted molar refractivity (Wildman–Crippen MR) is 53.8 cm³/mol. The van der Waals surface area contributed by atoms with Crippen molar-refractivity contribution >= 4 is 17.7 Å².